The van der Waals surface area contributed by atoms with E-state index < -0.39 is 7.82 Å². The summed E-state index contributed by atoms with van der Waals surface area (Å²) in [5, 5.41) is 0. The Balaban J connectivity index is 0.000000202. The Bertz CT molecular complexity index is 135. The second-order valence-corrected chi connectivity index (χ2v) is 4.88. The van der Waals surface area contributed by atoms with E-state index in [4.69, 9.17) is 18.8 Å². The van der Waals surface area contributed by atoms with Crippen molar-refractivity contribution in [1.82, 2.24) is 0 Å². The third kappa shape index (κ3) is 10.2. The highest BCUT2D eigenvalue weighted by molar-refractivity contribution is 7.46. The summed E-state index contributed by atoms with van der Waals surface area (Å²) < 4.78 is 26.6. The molecular weight excluding hydrogens is 206 g/mol. The fraction of sp³-hybridized carbons (Fsp3) is 1.00. The lowest BCUT2D eigenvalue weighted by atomic mass is 10.4. The fourth-order valence-electron chi connectivity index (χ4n) is 0.687. The van der Waals surface area contributed by atoms with Crippen LogP contribution in [0.2, 0.25) is 6.04 Å². The molecule has 1 rings (SSSR count). The summed E-state index contributed by atoms with van der Waals surface area (Å²) in [4.78, 5) is 14.7. The Morgan fingerprint density at radius 1 is 1.50 bits per heavy atom. The minimum atomic E-state index is -4.81. The summed E-state index contributed by atoms with van der Waals surface area (Å²) in [5.74, 6) is 0. The van der Waals surface area contributed by atoms with Gasteiger partial charge in [-0.15, -0.1) is 0 Å². The number of hydrogen-bond acceptors (Lipinski definition) is 3. The second kappa shape index (κ2) is 6.70. The molecule has 0 aromatic carbocycles. The van der Waals surface area contributed by atoms with Crippen molar-refractivity contribution in [2.75, 3.05) is 6.61 Å². The first kappa shape index (κ1) is 12.2. The highest BCUT2D eigenvalue weighted by Gasteiger charge is 2.12. The zero-order valence-electron chi connectivity index (χ0n) is 6.48. The molecule has 0 bridgehead atoms. The smallest absolute Gasteiger partial charge is 0.424 e. The molecule has 0 atom stereocenters. The molecule has 0 amide bonds. The third-order valence-corrected chi connectivity index (χ3v) is 2.71. The van der Waals surface area contributed by atoms with Gasteiger partial charge in [-0.3, -0.25) is 0 Å². The second-order valence-electron chi connectivity index (χ2n) is 2.23. The molecule has 0 aliphatic carbocycles. The maximum absolute atomic E-state index is 10.2. The van der Waals surface area contributed by atoms with Crippen LogP contribution in [0.25, 0.3) is 0 Å². The summed E-state index contributed by atoms with van der Waals surface area (Å²) >= 11 is 0. The van der Waals surface area contributed by atoms with Crippen LogP contribution in [-0.4, -0.2) is 26.2 Å². The van der Waals surface area contributed by atoms with Crippen LogP contribution in [0, 0.1) is 0 Å². The molecule has 12 heavy (non-hydrogen) atoms. The van der Waals surface area contributed by atoms with Crippen LogP contribution in [0.3, 0.4) is 0 Å². The summed E-state index contributed by atoms with van der Waals surface area (Å²) in [6.07, 6.45) is 2.75. The zero-order valence-corrected chi connectivity index (χ0v) is 8.79. The topological polar surface area (TPSA) is 76.0 Å². The molecule has 0 radical (unpaired) electrons. The van der Waals surface area contributed by atoms with Gasteiger partial charge >= 0.3 is 7.82 Å². The Labute approximate surface area is 72.0 Å². The average Bonchev–Trinajstić information content (AvgIpc) is 2.07. The minimum absolute atomic E-state index is 0.00849. The van der Waals surface area contributed by atoms with Crippen LogP contribution in [0.4, 0.5) is 4.53 Å². The maximum Gasteiger partial charge on any atom is 0.500 e. The summed E-state index contributed by atoms with van der Waals surface area (Å²) in [5.41, 5.74) is 0. The van der Waals surface area contributed by atoms with Crippen molar-refractivity contribution in [3.63, 3.8) is 0 Å². The number of hydrogen-bond donors (Lipinski definition) is 2. The number of phosphoric acid groups is 1. The first-order chi connectivity index (χ1) is 5.56. The first-order valence-corrected chi connectivity index (χ1v) is 6.60. The van der Waals surface area contributed by atoms with Gasteiger partial charge in [0, 0.05) is 6.61 Å². The van der Waals surface area contributed by atoms with Crippen molar-refractivity contribution in [2.24, 2.45) is 0 Å². The minimum Gasteiger partial charge on any atom is -0.424 e. The molecule has 5 nitrogen and oxygen atoms in total. The SMILES string of the molecule is C1CC[SiH2]OC1.O=P(O)(O)OF. The molecule has 0 saturated carbocycles. The van der Waals surface area contributed by atoms with Crippen molar-refractivity contribution in [2.45, 2.75) is 18.9 Å². The molecule has 0 unspecified atom stereocenters. The van der Waals surface area contributed by atoms with Gasteiger partial charge in [0.2, 0.25) is 0 Å². The molecule has 2 N–H and O–H groups in total. The standard InChI is InChI=1S/C4H10OSi.FH2O4P/c1-2-4-6-5-3-1;1-5-6(2,3)4/h1-4,6H2;(H2,2,3,4). The van der Waals surface area contributed by atoms with Gasteiger partial charge in [0.05, 0.1) is 0 Å². The summed E-state index contributed by atoms with van der Waals surface area (Å²) in [7, 11) is -4.80. The van der Waals surface area contributed by atoms with Gasteiger partial charge in [-0.05, 0) is 17.0 Å². The first-order valence-electron chi connectivity index (χ1n) is 3.50. The van der Waals surface area contributed by atoms with Gasteiger partial charge in [-0.25, -0.2) is 4.57 Å². The number of rotatable bonds is 1. The van der Waals surface area contributed by atoms with Crippen LogP contribution in [0.1, 0.15) is 12.8 Å². The van der Waals surface area contributed by atoms with Crippen LogP contribution < -0.4 is 0 Å². The van der Waals surface area contributed by atoms with E-state index in [9.17, 15) is 4.53 Å². The van der Waals surface area contributed by atoms with Crippen molar-refractivity contribution in [1.29, 1.82) is 0 Å². The lowest BCUT2D eigenvalue weighted by molar-refractivity contribution is -0.0389. The van der Waals surface area contributed by atoms with Gasteiger partial charge in [0.25, 0.3) is 0 Å². The molecular formula is C4H12FO5PSi. The van der Waals surface area contributed by atoms with Gasteiger partial charge in [0.1, 0.15) is 0 Å². The van der Waals surface area contributed by atoms with Crippen molar-refractivity contribution in [3.05, 3.63) is 0 Å². The normalized spacial score (nSPS) is 19.9. The molecule has 1 heterocycles. The third-order valence-electron chi connectivity index (χ3n) is 1.17. The van der Waals surface area contributed by atoms with Crippen molar-refractivity contribution < 1.29 is 28.0 Å². The van der Waals surface area contributed by atoms with Crippen LogP contribution >= 0.6 is 7.82 Å². The lowest BCUT2D eigenvalue weighted by Gasteiger charge is -2.07. The molecule has 1 aliphatic heterocycles. The van der Waals surface area contributed by atoms with E-state index in [1.54, 1.807) is 0 Å². The Morgan fingerprint density at radius 2 is 2.08 bits per heavy atom. The van der Waals surface area contributed by atoms with Crippen molar-refractivity contribution >= 4 is 17.6 Å². The van der Waals surface area contributed by atoms with Gasteiger partial charge in [0.15, 0.2) is 9.76 Å². The predicted octanol–water partition coefficient (Wildman–Crippen LogP) is 0.279. The van der Waals surface area contributed by atoms with E-state index in [0.717, 1.165) is 6.61 Å². The Kier molecular flexibility index (Phi) is 6.82. The largest absolute Gasteiger partial charge is 0.500 e. The summed E-state index contributed by atoms with van der Waals surface area (Å²) in [6.45, 7) is 1.06. The van der Waals surface area contributed by atoms with Crippen LogP contribution in [0.15, 0.2) is 0 Å². The molecule has 1 aliphatic rings. The summed E-state index contributed by atoms with van der Waals surface area (Å²) in [6, 6.07) is 1.42. The molecule has 0 spiro atoms. The molecule has 74 valence electrons. The van der Waals surface area contributed by atoms with Crippen LogP contribution in [-0.2, 0) is 13.7 Å². The molecule has 8 heteroatoms. The van der Waals surface area contributed by atoms with E-state index in [1.165, 1.54) is 18.9 Å². The quantitative estimate of drug-likeness (QED) is 0.488. The zero-order chi connectivity index (χ0) is 9.45. The molecule has 1 saturated heterocycles. The van der Waals surface area contributed by atoms with Gasteiger partial charge < -0.3 is 14.2 Å². The highest BCUT2D eigenvalue weighted by atomic mass is 31.2. The number of halogens is 1. The van der Waals surface area contributed by atoms with Gasteiger partial charge in [-0.2, -0.15) is 0 Å². The van der Waals surface area contributed by atoms with E-state index in [-0.39, 0.29) is 9.76 Å². The Hall–Kier alpha value is 0.217. The van der Waals surface area contributed by atoms with Gasteiger partial charge in [-0.1, -0.05) is 11.1 Å². The van der Waals surface area contributed by atoms with Crippen molar-refractivity contribution in [3.8, 4) is 0 Å². The van der Waals surface area contributed by atoms with E-state index in [2.05, 4.69) is 4.73 Å². The average molecular weight is 218 g/mol. The van der Waals surface area contributed by atoms with E-state index in [0.29, 0.717) is 0 Å². The molecule has 0 aromatic heterocycles. The van der Waals surface area contributed by atoms with E-state index >= 15 is 0 Å². The molecule has 0 aromatic rings. The predicted molar refractivity (Wildman–Crippen MR) is 42.8 cm³/mol. The fourth-order valence-corrected chi connectivity index (χ4v) is 1.86. The maximum atomic E-state index is 10.2. The lowest BCUT2D eigenvalue weighted by Crippen LogP contribution is -2.06. The van der Waals surface area contributed by atoms with E-state index in [1.807, 2.05) is 0 Å². The Morgan fingerprint density at radius 3 is 2.17 bits per heavy atom. The highest BCUT2D eigenvalue weighted by Crippen LogP contribution is 2.35. The molecule has 1 fully saturated rings. The van der Waals surface area contributed by atoms with Crippen LogP contribution in [0.5, 0.6) is 0 Å². The monoisotopic (exact) mass is 218 g/mol.